The van der Waals surface area contributed by atoms with Crippen LogP contribution in [-0.4, -0.2) is 52.2 Å². The molecule has 1 saturated heterocycles. The van der Waals surface area contributed by atoms with Crippen LogP contribution < -0.4 is 10.2 Å². The first kappa shape index (κ1) is 19.4. The van der Waals surface area contributed by atoms with Gasteiger partial charge >= 0.3 is 6.09 Å². The van der Waals surface area contributed by atoms with Crippen LogP contribution in [0.4, 0.5) is 4.79 Å². The summed E-state index contributed by atoms with van der Waals surface area (Å²) in [7, 11) is 0. The number of halogens is 1. The van der Waals surface area contributed by atoms with Crippen LogP contribution in [0.5, 0.6) is 5.88 Å². The highest BCUT2D eigenvalue weighted by atomic mass is 79.9. The zero-order chi connectivity index (χ0) is 18.6. The molecule has 1 aromatic rings. The van der Waals surface area contributed by atoms with E-state index in [2.05, 4.69) is 32.7 Å². The summed E-state index contributed by atoms with van der Waals surface area (Å²) in [6.07, 6.45) is 3.33. The van der Waals surface area contributed by atoms with Gasteiger partial charge in [-0.05, 0) is 49.5 Å². The second-order valence-corrected chi connectivity index (χ2v) is 7.65. The lowest BCUT2D eigenvalue weighted by molar-refractivity contribution is 0.0252. The third-order valence-corrected chi connectivity index (χ3v) is 4.01. The molecule has 1 amide bonds. The molecule has 0 aromatic carbocycles. The third kappa shape index (κ3) is 5.55. The molecule has 1 aromatic heterocycles. The van der Waals surface area contributed by atoms with E-state index < -0.39 is 5.60 Å². The van der Waals surface area contributed by atoms with Gasteiger partial charge in [-0.15, -0.1) is 0 Å². The molecule has 1 N–H and O–H groups in total. The van der Waals surface area contributed by atoms with Gasteiger partial charge in [0.2, 0.25) is 5.49 Å². The number of amides is 1. The SMILES string of the molecule is C=Nn1cc(Br)nc(O[C@@H]2CCCN(C(=O)OC(C)(C)C)CC2)c1=N. The second kappa shape index (κ2) is 7.99. The van der Waals surface area contributed by atoms with Gasteiger partial charge in [0, 0.05) is 26.2 Å². The smallest absolute Gasteiger partial charge is 0.410 e. The van der Waals surface area contributed by atoms with E-state index in [4.69, 9.17) is 14.9 Å². The maximum Gasteiger partial charge on any atom is 0.410 e. The van der Waals surface area contributed by atoms with E-state index in [9.17, 15) is 4.79 Å². The van der Waals surface area contributed by atoms with Crippen LogP contribution in [0, 0.1) is 5.41 Å². The monoisotopic (exact) mass is 413 g/mol. The highest BCUT2D eigenvalue weighted by Crippen LogP contribution is 2.19. The number of nitrogens with one attached hydrogen (secondary N) is 1. The summed E-state index contributed by atoms with van der Waals surface area (Å²) in [6.45, 7) is 10.2. The van der Waals surface area contributed by atoms with Gasteiger partial charge in [0.1, 0.15) is 16.3 Å². The topological polar surface area (TPSA) is 92.8 Å². The minimum atomic E-state index is -0.509. The first-order valence-corrected chi connectivity index (χ1v) is 8.94. The van der Waals surface area contributed by atoms with Gasteiger partial charge in [-0.25, -0.2) is 14.5 Å². The molecule has 138 valence electrons. The minimum absolute atomic E-state index is 0.0337. The Morgan fingerprint density at radius 3 is 2.80 bits per heavy atom. The number of hydrogen-bond donors (Lipinski definition) is 1. The molecule has 0 saturated carbocycles. The van der Waals surface area contributed by atoms with E-state index in [0.717, 1.165) is 12.8 Å². The lowest BCUT2D eigenvalue weighted by Crippen LogP contribution is -2.37. The fourth-order valence-electron chi connectivity index (χ4n) is 2.49. The van der Waals surface area contributed by atoms with Crippen LogP contribution in [0.25, 0.3) is 0 Å². The number of rotatable bonds is 3. The van der Waals surface area contributed by atoms with Crippen molar-refractivity contribution in [3.05, 3.63) is 16.3 Å². The van der Waals surface area contributed by atoms with Crippen molar-refractivity contribution in [3.8, 4) is 5.88 Å². The lowest BCUT2D eigenvalue weighted by Gasteiger charge is -2.26. The van der Waals surface area contributed by atoms with Crippen LogP contribution in [0.15, 0.2) is 15.9 Å². The van der Waals surface area contributed by atoms with Crippen molar-refractivity contribution >= 4 is 28.7 Å². The third-order valence-electron chi connectivity index (χ3n) is 3.63. The van der Waals surface area contributed by atoms with Crippen molar-refractivity contribution in [2.45, 2.75) is 51.7 Å². The van der Waals surface area contributed by atoms with Gasteiger partial charge < -0.3 is 14.4 Å². The Kier molecular flexibility index (Phi) is 6.21. The molecule has 0 spiro atoms. The predicted molar refractivity (Wildman–Crippen MR) is 96.8 cm³/mol. The maximum absolute atomic E-state index is 12.2. The average Bonchev–Trinajstić information content (AvgIpc) is 2.74. The summed E-state index contributed by atoms with van der Waals surface area (Å²) >= 11 is 3.27. The number of aromatic nitrogens is 2. The number of carbonyl (C=O) groups is 1. The molecule has 0 bridgehead atoms. The molecule has 0 aliphatic carbocycles. The van der Waals surface area contributed by atoms with Crippen LogP contribution in [0.2, 0.25) is 0 Å². The highest BCUT2D eigenvalue weighted by Gasteiger charge is 2.26. The Hall–Kier alpha value is -1.90. The largest absolute Gasteiger partial charge is 0.472 e. The average molecular weight is 414 g/mol. The lowest BCUT2D eigenvalue weighted by atomic mass is 10.2. The molecule has 8 nitrogen and oxygen atoms in total. The van der Waals surface area contributed by atoms with Gasteiger partial charge in [-0.2, -0.15) is 5.10 Å². The zero-order valence-electron chi connectivity index (χ0n) is 14.8. The van der Waals surface area contributed by atoms with Gasteiger partial charge in [-0.1, -0.05) is 0 Å². The van der Waals surface area contributed by atoms with E-state index in [1.54, 1.807) is 11.1 Å². The molecule has 1 fully saturated rings. The molecule has 0 radical (unpaired) electrons. The Morgan fingerprint density at radius 1 is 1.44 bits per heavy atom. The molecule has 9 heteroatoms. The molecule has 1 aliphatic heterocycles. The van der Waals surface area contributed by atoms with E-state index in [-0.39, 0.29) is 23.6 Å². The maximum atomic E-state index is 12.2. The molecule has 1 atom stereocenters. The molecular formula is C16H24BrN5O3. The van der Waals surface area contributed by atoms with Gasteiger partial charge in [0.25, 0.3) is 5.88 Å². The molecule has 0 unspecified atom stereocenters. The van der Waals surface area contributed by atoms with Crippen molar-refractivity contribution in [2.24, 2.45) is 5.10 Å². The number of carbonyl (C=O) groups excluding carboxylic acids is 1. The summed E-state index contributed by atoms with van der Waals surface area (Å²) in [5.41, 5.74) is -0.475. The summed E-state index contributed by atoms with van der Waals surface area (Å²) in [5, 5.41) is 11.8. The first-order valence-electron chi connectivity index (χ1n) is 8.15. The summed E-state index contributed by atoms with van der Waals surface area (Å²) < 4.78 is 13.1. The molecular weight excluding hydrogens is 390 g/mol. The van der Waals surface area contributed by atoms with Gasteiger partial charge in [-0.3, -0.25) is 5.41 Å². The predicted octanol–water partition coefficient (Wildman–Crippen LogP) is 2.76. The number of likely N-dealkylation sites (tertiary alicyclic amines) is 1. The normalized spacial score (nSPS) is 18.4. The van der Waals surface area contributed by atoms with E-state index >= 15 is 0 Å². The van der Waals surface area contributed by atoms with E-state index in [0.29, 0.717) is 24.1 Å². The minimum Gasteiger partial charge on any atom is -0.472 e. The number of hydrogen-bond acceptors (Lipinski definition) is 6. The fraction of sp³-hybridized carbons (Fsp3) is 0.625. The van der Waals surface area contributed by atoms with Crippen molar-refractivity contribution < 1.29 is 14.3 Å². The second-order valence-electron chi connectivity index (χ2n) is 6.84. The molecule has 2 heterocycles. The fourth-order valence-corrected chi connectivity index (χ4v) is 2.84. The quantitative estimate of drug-likeness (QED) is 0.770. The standard InChI is InChI=1S/C16H24BrN5O3/c1-16(2,3)25-15(23)21-8-5-6-11(7-9-21)24-14-13(18)22(19-4)10-12(17)20-14/h10-11,18H,4-9H2,1-3H3/t11-/m1/s1. The van der Waals surface area contributed by atoms with Gasteiger partial charge in [0.15, 0.2) is 0 Å². The van der Waals surface area contributed by atoms with Crippen LogP contribution >= 0.6 is 15.9 Å². The van der Waals surface area contributed by atoms with Crippen molar-refractivity contribution in [1.29, 1.82) is 5.41 Å². The Balaban J connectivity index is 2.02. The molecule has 25 heavy (non-hydrogen) atoms. The van der Waals surface area contributed by atoms with Crippen molar-refractivity contribution in [3.63, 3.8) is 0 Å². The van der Waals surface area contributed by atoms with Crippen molar-refractivity contribution in [1.82, 2.24) is 14.6 Å². The summed E-state index contributed by atoms with van der Waals surface area (Å²) in [5.74, 6) is 0.192. The molecule has 1 aliphatic rings. The zero-order valence-corrected chi connectivity index (χ0v) is 16.4. The van der Waals surface area contributed by atoms with Crippen LogP contribution in [0.1, 0.15) is 40.0 Å². The van der Waals surface area contributed by atoms with E-state index in [1.807, 2.05) is 20.8 Å². The Bertz CT molecular complexity index is 698. The number of nitrogens with zero attached hydrogens (tertiary/aromatic N) is 4. The summed E-state index contributed by atoms with van der Waals surface area (Å²) in [6, 6.07) is 0. The van der Waals surface area contributed by atoms with E-state index in [1.165, 1.54) is 4.68 Å². The first-order chi connectivity index (χ1) is 11.7. The van der Waals surface area contributed by atoms with Crippen LogP contribution in [-0.2, 0) is 4.74 Å². The summed E-state index contributed by atoms with van der Waals surface area (Å²) in [4.78, 5) is 18.1. The Morgan fingerprint density at radius 2 is 2.16 bits per heavy atom. The van der Waals surface area contributed by atoms with Crippen molar-refractivity contribution in [2.75, 3.05) is 13.1 Å². The Labute approximate surface area is 155 Å². The van der Waals surface area contributed by atoms with Gasteiger partial charge in [0.05, 0.1) is 6.20 Å². The highest BCUT2D eigenvalue weighted by molar-refractivity contribution is 9.10. The van der Waals surface area contributed by atoms with Crippen LogP contribution in [0.3, 0.4) is 0 Å². The molecule has 2 rings (SSSR count). The number of ether oxygens (including phenoxy) is 2.